The zero-order chi connectivity index (χ0) is 29.2. The molecule has 218 valence electrons. The van der Waals surface area contributed by atoms with Crippen LogP contribution in [0, 0.1) is 6.92 Å². The van der Waals surface area contributed by atoms with Crippen molar-refractivity contribution < 1.29 is 19.0 Å². The lowest BCUT2D eigenvalue weighted by molar-refractivity contribution is 0.135. The number of hydrogen-bond acceptors (Lipinski definition) is 6. The van der Waals surface area contributed by atoms with Crippen LogP contribution in [-0.4, -0.2) is 60.0 Å². The molecule has 3 heterocycles. The summed E-state index contributed by atoms with van der Waals surface area (Å²) in [6.45, 7) is 6.04. The Labute approximate surface area is 250 Å². The molecule has 4 aromatic rings. The number of aryl methyl sites for hydroxylation is 1. The highest BCUT2D eigenvalue weighted by molar-refractivity contribution is 6.31. The van der Waals surface area contributed by atoms with Gasteiger partial charge in [-0.15, -0.1) is 0 Å². The van der Waals surface area contributed by atoms with E-state index >= 15 is 0 Å². The van der Waals surface area contributed by atoms with Crippen molar-refractivity contribution in [2.45, 2.75) is 45.2 Å². The molecule has 0 spiro atoms. The van der Waals surface area contributed by atoms with Gasteiger partial charge >= 0.3 is 6.09 Å². The number of aromatic nitrogens is 1. The lowest BCUT2D eigenvalue weighted by Crippen LogP contribution is -2.42. The maximum atomic E-state index is 13.6. The van der Waals surface area contributed by atoms with Gasteiger partial charge < -0.3 is 19.2 Å². The third-order valence-electron chi connectivity index (χ3n) is 8.03. The van der Waals surface area contributed by atoms with E-state index in [4.69, 9.17) is 25.8 Å². The number of nitrogens with zero attached hydrogens (tertiary/aromatic N) is 3. The number of H-pyrrole nitrogens is 1. The van der Waals surface area contributed by atoms with Crippen LogP contribution in [0.15, 0.2) is 65.8 Å². The van der Waals surface area contributed by atoms with Gasteiger partial charge in [-0.1, -0.05) is 35.4 Å². The molecule has 0 radical (unpaired) electrons. The predicted octanol–water partition coefficient (Wildman–Crippen LogP) is 7.13. The van der Waals surface area contributed by atoms with Crippen LogP contribution in [0.3, 0.4) is 0 Å². The highest BCUT2D eigenvalue weighted by Gasteiger charge is 2.36. The molecule has 1 N–H and O–H groups in total. The van der Waals surface area contributed by atoms with Crippen molar-refractivity contribution >= 4 is 34.8 Å². The smallest absolute Gasteiger partial charge is 0.416 e. The summed E-state index contributed by atoms with van der Waals surface area (Å²) in [5.74, 6) is 1.78. The fourth-order valence-corrected chi connectivity index (χ4v) is 5.94. The summed E-state index contributed by atoms with van der Waals surface area (Å²) in [5.41, 5.74) is 5.05. The second kappa shape index (κ2) is 12.0. The minimum atomic E-state index is -0.421. The number of aromatic amines is 1. The standard InChI is InChI=1S/C33H35ClN4O4/c1-21-5-9-25(10-6-21)42-33(39)37-17-14-26-27-20-24(34)8-11-28(27)36-31(26)32(37)23-7-12-29(30(19-23)40-3)41-18-4-16-38-22(2)13-15-35-38/h5-12,15,19-20,22,32,36H,4,13-14,16-18H2,1-3H3. The van der Waals surface area contributed by atoms with E-state index in [0.29, 0.717) is 47.9 Å². The van der Waals surface area contributed by atoms with E-state index in [2.05, 4.69) is 22.0 Å². The zero-order valence-electron chi connectivity index (χ0n) is 24.1. The lowest BCUT2D eigenvalue weighted by atomic mass is 9.92. The molecule has 9 heteroatoms. The molecule has 1 amide bonds. The Bertz CT molecular complexity index is 1620. The van der Waals surface area contributed by atoms with Gasteiger partial charge in [0.25, 0.3) is 0 Å². The summed E-state index contributed by atoms with van der Waals surface area (Å²) in [6.07, 6.45) is 4.05. The minimum absolute atomic E-state index is 0.413. The van der Waals surface area contributed by atoms with Crippen molar-refractivity contribution in [1.82, 2.24) is 14.9 Å². The molecule has 42 heavy (non-hydrogen) atoms. The fourth-order valence-electron chi connectivity index (χ4n) is 5.77. The first-order valence-corrected chi connectivity index (χ1v) is 14.7. The van der Waals surface area contributed by atoms with Gasteiger partial charge in [0.2, 0.25) is 0 Å². The van der Waals surface area contributed by atoms with Crippen molar-refractivity contribution in [3.8, 4) is 17.2 Å². The molecule has 0 saturated carbocycles. The molecular weight excluding hydrogens is 552 g/mol. The molecule has 0 bridgehead atoms. The number of methoxy groups -OCH3 is 1. The van der Waals surface area contributed by atoms with Crippen LogP contribution in [-0.2, 0) is 6.42 Å². The Hall–Kier alpha value is -4.17. The Balaban J connectivity index is 1.29. The number of carbonyl (C=O) groups is 1. The number of ether oxygens (including phenoxy) is 3. The van der Waals surface area contributed by atoms with Gasteiger partial charge in [-0.2, -0.15) is 5.10 Å². The number of fused-ring (bicyclic) bond motifs is 3. The van der Waals surface area contributed by atoms with Crippen molar-refractivity contribution in [2.24, 2.45) is 5.10 Å². The molecule has 6 rings (SSSR count). The number of rotatable bonds is 8. The van der Waals surface area contributed by atoms with Crippen LogP contribution in [0.4, 0.5) is 4.79 Å². The molecule has 2 aliphatic rings. The number of hydrogen-bond donors (Lipinski definition) is 1. The van der Waals surface area contributed by atoms with Gasteiger partial charge in [-0.05, 0) is 73.9 Å². The molecule has 0 fully saturated rings. The number of nitrogens with one attached hydrogen (secondary N) is 1. The SMILES string of the molecule is COc1cc(C2c3[nH]c4ccc(Cl)cc4c3CCN2C(=O)Oc2ccc(C)cc2)ccc1OCCCN1N=CCC1C. The predicted molar refractivity (Wildman–Crippen MR) is 165 cm³/mol. The van der Waals surface area contributed by atoms with Crippen LogP contribution >= 0.6 is 11.6 Å². The van der Waals surface area contributed by atoms with Gasteiger partial charge in [0.1, 0.15) is 11.8 Å². The second-order valence-electron chi connectivity index (χ2n) is 10.9. The van der Waals surface area contributed by atoms with Gasteiger partial charge in [-0.25, -0.2) is 4.79 Å². The van der Waals surface area contributed by atoms with E-state index < -0.39 is 12.1 Å². The number of hydrazone groups is 1. The summed E-state index contributed by atoms with van der Waals surface area (Å²) in [6, 6.07) is 19.2. The van der Waals surface area contributed by atoms with Gasteiger partial charge in [0.05, 0.1) is 13.7 Å². The molecular formula is C33H35ClN4O4. The van der Waals surface area contributed by atoms with E-state index in [9.17, 15) is 4.79 Å². The van der Waals surface area contributed by atoms with E-state index in [-0.39, 0.29) is 0 Å². The molecule has 1 aromatic heterocycles. The first kappa shape index (κ1) is 28.0. The van der Waals surface area contributed by atoms with Crippen molar-refractivity contribution in [1.29, 1.82) is 0 Å². The molecule has 0 saturated heterocycles. The van der Waals surface area contributed by atoms with E-state index in [1.807, 2.05) is 73.8 Å². The van der Waals surface area contributed by atoms with Crippen molar-refractivity contribution in [3.05, 3.63) is 88.1 Å². The summed E-state index contributed by atoms with van der Waals surface area (Å²) >= 11 is 6.37. The zero-order valence-corrected chi connectivity index (χ0v) is 24.9. The molecule has 3 aromatic carbocycles. The number of amides is 1. The molecule has 0 aliphatic carbocycles. The maximum Gasteiger partial charge on any atom is 0.416 e. The van der Waals surface area contributed by atoms with Crippen molar-refractivity contribution in [2.75, 3.05) is 26.8 Å². The Morgan fingerprint density at radius 1 is 1.10 bits per heavy atom. The highest BCUT2D eigenvalue weighted by atomic mass is 35.5. The average molecular weight is 587 g/mol. The number of benzene rings is 3. The van der Waals surface area contributed by atoms with Gasteiger partial charge in [0, 0.05) is 59.8 Å². The third-order valence-corrected chi connectivity index (χ3v) is 8.26. The van der Waals surface area contributed by atoms with Crippen molar-refractivity contribution in [3.63, 3.8) is 0 Å². The minimum Gasteiger partial charge on any atom is -0.493 e. The van der Waals surface area contributed by atoms with E-state index in [0.717, 1.165) is 52.7 Å². The summed E-state index contributed by atoms with van der Waals surface area (Å²) < 4.78 is 17.7. The fraction of sp³-hybridized carbons (Fsp3) is 0.333. The first-order chi connectivity index (χ1) is 20.4. The second-order valence-corrected chi connectivity index (χ2v) is 11.3. The van der Waals surface area contributed by atoms with Gasteiger partial charge in [0.15, 0.2) is 11.5 Å². The Morgan fingerprint density at radius 3 is 2.69 bits per heavy atom. The van der Waals surface area contributed by atoms with Crippen LogP contribution in [0.25, 0.3) is 10.9 Å². The summed E-state index contributed by atoms with van der Waals surface area (Å²) in [4.78, 5) is 19.0. The topological polar surface area (TPSA) is 79.4 Å². The van der Waals surface area contributed by atoms with Gasteiger partial charge in [-0.3, -0.25) is 9.91 Å². The summed E-state index contributed by atoms with van der Waals surface area (Å²) in [7, 11) is 1.63. The van der Waals surface area contributed by atoms with Crippen LogP contribution in [0.2, 0.25) is 5.02 Å². The van der Waals surface area contributed by atoms with Crippen LogP contribution in [0.5, 0.6) is 17.2 Å². The molecule has 2 aliphatic heterocycles. The lowest BCUT2D eigenvalue weighted by Gasteiger charge is -2.35. The monoisotopic (exact) mass is 586 g/mol. The van der Waals surface area contributed by atoms with Crippen LogP contribution in [0.1, 0.15) is 48.2 Å². The first-order valence-electron chi connectivity index (χ1n) is 14.4. The van der Waals surface area contributed by atoms with E-state index in [1.165, 1.54) is 0 Å². The maximum absolute atomic E-state index is 13.6. The Kier molecular flexibility index (Phi) is 7.98. The normalized spacial score (nSPS) is 17.9. The highest BCUT2D eigenvalue weighted by Crippen LogP contribution is 2.42. The van der Waals surface area contributed by atoms with Crippen LogP contribution < -0.4 is 14.2 Å². The molecule has 8 nitrogen and oxygen atoms in total. The number of halogens is 1. The average Bonchev–Trinajstić information content (AvgIpc) is 3.58. The molecule has 2 atom stereocenters. The largest absolute Gasteiger partial charge is 0.493 e. The third kappa shape index (κ3) is 5.63. The molecule has 2 unspecified atom stereocenters. The Morgan fingerprint density at radius 2 is 1.93 bits per heavy atom. The summed E-state index contributed by atoms with van der Waals surface area (Å²) in [5, 5.41) is 8.27. The quantitative estimate of drug-likeness (QED) is 0.222. The van der Waals surface area contributed by atoms with E-state index in [1.54, 1.807) is 12.0 Å². The number of carbonyl (C=O) groups excluding carboxylic acids is 1.